The Labute approximate surface area is 469 Å². The molecule has 0 atom stereocenters. The van der Waals surface area contributed by atoms with Gasteiger partial charge >= 0.3 is 18.6 Å². The molecule has 0 fully saturated rings. The number of ether oxygens (including phenoxy) is 4. The Bertz CT molecular complexity index is 4300. The highest BCUT2D eigenvalue weighted by Crippen LogP contribution is 2.54. The number of hydrogen-bond donors (Lipinski definition) is 4. The smallest absolute Gasteiger partial charge is 0.478 e. The monoisotopic (exact) mass is 1190 g/mol. The molecule has 6 aromatic carbocycles. The maximum absolute atomic E-state index is 14.9. The maximum Gasteiger partial charge on any atom is 0.586 e. The van der Waals surface area contributed by atoms with Crippen LogP contribution in [-0.4, -0.2) is 65.7 Å². The molecule has 0 saturated heterocycles. The second-order valence-corrected chi connectivity index (χ2v) is 24.1. The lowest BCUT2D eigenvalue weighted by Gasteiger charge is -2.21. The highest BCUT2D eigenvalue weighted by atomic mass is 35.5. The van der Waals surface area contributed by atoms with Gasteiger partial charge in [0.1, 0.15) is 18.0 Å². The molecule has 2 aliphatic heterocycles. The van der Waals surface area contributed by atoms with Crippen molar-refractivity contribution in [2.45, 2.75) is 82.2 Å². The molecule has 17 nitrogen and oxygen atoms in total. The number of anilines is 2. The molecule has 0 unspecified atom stereocenters. The van der Waals surface area contributed by atoms with Gasteiger partial charge in [-0.25, -0.2) is 35.4 Å². The summed E-state index contributed by atoms with van der Waals surface area (Å²) in [6, 6.07) is 22.8. The number of halogens is 7. The number of nitrogens with zero attached hydrogens (tertiary/aromatic N) is 4. The summed E-state index contributed by atoms with van der Waals surface area (Å²) in [5.74, 6) is -4.01. The number of aromatic carboxylic acids is 1. The van der Waals surface area contributed by atoms with Crippen molar-refractivity contribution in [2.24, 2.45) is 0 Å². The van der Waals surface area contributed by atoms with Crippen molar-refractivity contribution in [2.75, 3.05) is 9.44 Å². The first-order valence-corrected chi connectivity index (χ1v) is 27.3. The first-order chi connectivity index (χ1) is 37.9. The molecule has 0 bridgehead atoms. The van der Waals surface area contributed by atoms with Gasteiger partial charge in [0.25, 0.3) is 20.0 Å². The zero-order valence-corrected chi connectivity index (χ0v) is 45.3. The van der Waals surface area contributed by atoms with Crippen LogP contribution >= 0.6 is 11.6 Å². The minimum Gasteiger partial charge on any atom is -0.478 e. The quantitative estimate of drug-likeness (QED) is 0.0933. The first-order valence-electron chi connectivity index (χ1n) is 24.0. The van der Waals surface area contributed by atoms with Crippen molar-refractivity contribution in [1.82, 2.24) is 25.1 Å². The molecule has 0 amide bonds. The van der Waals surface area contributed by atoms with Crippen molar-refractivity contribution < 1.29 is 72.0 Å². The number of sulfonamides is 2. The number of pyridine rings is 2. The molecule has 26 heteroatoms. The number of rotatable bonds is 10. The lowest BCUT2D eigenvalue weighted by Crippen LogP contribution is -2.26. The summed E-state index contributed by atoms with van der Waals surface area (Å²) in [5, 5.41) is 16.6. The number of carboxylic acid groups (broad SMARTS) is 1. The summed E-state index contributed by atoms with van der Waals surface area (Å²) in [6.07, 6.45) is -3.74. The summed E-state index contributed by atoms with van der Waals surface area (Å²) >= 11 is 6.53. The fourth-order valence-corrected chi connectivity index (χ4v) is 11.6. The molecule has 9 aromatic rings. The summed E-state index contributed by atoms with van der Waals surface area (Å²) < 4.78 is 163. The van der Waals surface area contributed by atoms with Crippen molar-refractivity contribution in [3.63, 3.8) is 0 Å². The van der Waals surface area contributed by atoms with Crippen LogP contribution in [0.5, 0.6) is 23.0 Å². The van der Waals surface area contributed by atoms with E-state index in [-0.39, 0.29) is 73.9 Å². The number of nitrogens with one attached hydrogen (secondary N) is 3. The minimum atomic E-state index is -4.51. The van der Waals surface area contributed by atoms with Gasteiger partial charge in [-0.1, -0.05) is 97.0 Å². The lowest BCUT2D eigenvalue weighted by atomic mass is 9.87. The molecule has 11 rings (SSSR count). The van der Waals surface area contributed by atoms with E-state index in [4.69, 9.17) is 11.6 Å². The predicted molar refractivity (Wildman–Crippen MR) is 293 cm³/mol. The van der Waals surface area contributed by atoms with Crippen LogP contribution in [0.2, 0.25) is 5.02 Å². The number of H-pyrrole nitrogens is 1. The van der Waals surface area contributed by atoms with Gasteiger partial charge in [-0.15, -0.1) is 17.6 Å². The van der Waals surface area contributed by atoms with Crippen LogP contribution in [0.1, 0.15) is 70.5 Å². The molecule has 426 valence electrons. The van der Waals surface area contributed by atoms with Gasteiger partial charge in [0.05, 0.1) is 42.8 Å². The maximum atomic E-state index is 14.9. The molecule has 82 heavy (non-hydrogen) atoms. The Morgan fingerprint density at radius 2 is 1.11 bits per heavy atom. The van der Waals surface area contributed by atoms with E-state index in [1.165, 1.54) is 67.1 Å². The number of aromatic nitrogens is 5. The number of alkyl halides is 4. The van der Waals surface area contributed by atoms with Crippen LogP contribution < -0.4 is 28.4 Å². The third-order valence-electron chi connectivity index (χ3n) is 12.8. The zero-order chi connectivity index (χ0) is 58.4. The highest BCUT2D eigenvalue weighted by molar-refractivity contribution is 7.93. The number of benzene rings is 6. The zero-order valence-electron chi connectivity index (χ0n) is 42.9. The van der Waals surface area contributed by atoms with Crippen LogP contribution in [0.4, 0.5) is 37.7 Å². The molecular formula is C56H46ClF6N7O10S2. The van der Waals surface area contributed by atoms with Crippen molar-refractivity contribution in [3.05, 3.63) is 155 Å². The summed E-state index contributed by atoms with van der Waals surface area (Å²) in [5.41, 5.74) is 0.769. The summed E-state index contributed by atoms with van der Waals surface area (Å²) in [4.78, 5) is 23.8. The second kappa shape index (κ2) is 20.7. The van der Waals surface area contributed by atoms with E-state index in [0.717, 1.165) is 24.3 Å². The standard InChI is InChI=1S/C28H22F3N5O4S.C27H20ClF3N2O6S.CH4/c1-27(2,3)20-9-6-15(11-21(20)29)41(37,38)36-22-13-24-23(39-28(30,31)40-24)12-19(22)16-7-8-18(26-33-14-34-35-26)25-17(16)5-4-10-32-25;1-26(2,3)17-9-6-13(11-18(17)29)40(36,37)33-19-12-20-24(39-27(30,31)38-20)22(28)21(19)14-7-8-16(25(34)35)23-15(14)5-4-10-32-23;/h4-14,36H,1-3H3,(H,33,34,35);4-12,33H,1-3H3,(H,34,35);1H4. The number of fused-ring (bicyclic) bond motifs is 4. The van der Waals surface area contributed by atoms with Crippen LogP contribution in [0.3, 0.4) is 0 Å². The average molecular weight is 1190 g/mol. The lowest BCUT2D eigenvalue weighted by molar-refractivity contribution is -0.287. The van der Waals surface area contributed by atoms with Crippen molar-refractivity contribution >= 4 is 70.8 Å². The first kappa shape index (κ1) is 58.0. The van der Waals surface area contributed by atoms with Crippen LogP contribution in [0.25, 0.3) is 55.4 Å². The molecule has 0 saturated carbocycles. The van der Waals surface area contributed by atoms with Gasteiger partial charge in [-0.05, 0) is 87.7 Å². The number of hydrogen-bond acceptors (Lipinski definition) is 13. The molecule has 2 aliphatic rings. The van der Waals surface area contributed by atoms with E-state index in [1.54, 1.807) is 72.0 Å². The molecule has 3 aromatic heterocycles. The Hall–Kier alpha value is -8.68. The van der Waals surface area contributed by atoms with E-state index in [2.05, 4.69) is 53.5 Å². The van der Waals surface area contributed by atoms with Gasteiger partial charge in [-0.2, -0.15) is 5.10 Å². The van der Waals surface area contributed by atoms with E-state index in [9.17, 15) is 53.1 Å². The topological polar surface area (TPSA) is 234 Å². The number of aromatic amines is 1. The molecule has 5 heterocycles. The largest absolute Gasteiger partial charge is 0.586 e. The normalized spacial score (nSPS) is 14.2. The van der Waals surface area contributed by atoms with E-state index >= 15 is 0 Å². The van der Waals surface area contributed by atoms with E-state index in [1.807, 2.05) is 0 Å². The summed E-state index contributed by atoms with van der Waals surface area (Å²) in [7, 11) is -8.89. The predicted octanol–water partition coefficient (Wildman–Crippen LogP) is 13.7. The average Bonchev–Trinajstić information content (AvgIpc) is 4.29. The molecule has 4 N–H and O–H groups in total. The van der Waals surface area contributed by atoms with Gasteiger partial charge < -0.3 is 24.1 Å². The fraction of sp³-hybridized carbons (Fsp3) is 0.196. The van der Waals surface area contributed by atoms with Gasteiger partial charge in [0.15, 0.2) is 28.8 Å². The Kier molecular flexibility index (Phi) is 14.6. The summed E-state index contributed by atoms with van der Waals surface area (Å²) in [6.45, 7) is 10.7. The Morgan fingerprint density at radius 3 is 1.66 bits per heavy atom. The van der Waals surface area contributed by atoms with Gasteiger partial charge in [0, 0.05) is 52.0 Å². The van der Waals surface area contributed by atoms with Gasteiger partial charge in [0.2, 0.25) is 0 Å². The fourth-order valence-electron chi connectivity index (χ4n) is 9.14. The van der Waals surface area contributed by atoms with Crippen molar-refractivity contribution in [3.8, 4) is 56.6 Å². The van der Waals surface area contributed by atoms with Crippen molar-refractivity contribution in [1.29, 1.82) is 0 Å². The third kappa shape index (κ3) is 11.1. The van der Waals surface area contributed by atoms with Crippen LogP contribution in [0, 0.1) is 11.6 Å². The Balaban J connectivity index is 0.000000195. The SMILES string of the molecule is C.CC(C)(C)c1ccc(S(=O)(=O)Nc2cc3c(c(Cl)c2-c2ccc(C(=O)O)c4ncccc24)OC(F)(F)O3)cc1F.CC(C)(C)c1ccc(S(=O)(=O)Nc2cc3c(cc2-c2ccc(-c4ncn[nH]4)c4ncccc24)OC(F)(F)O3)cc1F. The molecule has 0 aliphatic carbocycles. The highest BCUT2D eigenvalue weighted by Gasteiger charge is 2.47. The van der Waals surface area contributed by atoms with E-state index < -0.39 is 82.5 Å². The number of carbonyl (C=O) groups is 1. The second-order valence-electron chi connectivity index (χ2n) is 20.4. The molecular weight excluding hydrogens is 1140 g/mol. The third-order valence-corrected chi connectivity index (χ3v) is 15.9. The molecule has 0 spiro atoms. The molecule has 0 radical (unpaired) electrons. The van der Waals surface area contributed by atoms with Gasteiger partial charge in [-0.3, -0.25) is 24.5 Å². The van der Waals surface area contributed by atoms with Crippen LogP contribution in [0.15, 0.2) is 132 Å². The number of carboxylic acids is 1. The van der Waals surface area contributed by atoms with Crippen LogP contribution in [-0.2, 0) is 30.9 Å². The Morgan fingerprint density at radius 1 is 0.610 bits per heavy atom. The minimum absolute atomic E-state index is 0. The van der Waals surface area contributed by atoms with E-state index in [0.29, 0.717) is 33.4 Å².